The Morgan fingerprint density at radius 2 is 1.29 bits per heavy atom. The van der Waals surface area contributed by atoms with Gasteiger partial charge in [-0.3, -0.25) is 0 Å². The van der Waals surface area contributed by atoms with Gasteiger partial charge in [0.05, 0.1) is 0 Å². The summed E-state index contributed by atoms with van der Waals surface area (Å²) in [5, 5.41) is 0. The third kappa shape index (κ3) is 2.63. The van der Waals surface area contributed by atoms with E-state index in [4.69, 9.17) is 5.73 Å². The smallest absolute Gasteiger partial charge is 0.0308 e. The summed E-state index contributed by atoms with van der Waals surface area (Å²) >= 11 is 0. The van der Waals surface area contributed by atoms with Crippen molar-refractivity contribution in [2.75, 3.05) is 6.54 Å². The van der Waals surface area contributed by atoms with Crippen LogP contribution in [0.1, 0.15) is 17.0 Å². The molecule has 2 rings (SSSR count). The number of nitrogens with two attached hydrogens (primary N) is 1. The number of benzene rings is 2. The molecule has 1 nitrogen and oxygen atoms in total. The molecule has 1 heteroatoms. The fourth-order valence-corrected chi connectivity index (χ4v) is 2.07. The summed E-state index contributed by atoms with van der Waals surface area (Å²) in [5.74, 6) is 0.197. The van der Waals surface area contributed by atoms with E-state index in [9.17, 15) is 0 Å². The highest BCUT2D eigenvalue weighted by Crippen LogP contribution is 2.29. The molecule has 0 aliphatic heterocycles. The molecule has 0 aromatic heterocycles. The van der Waals surface area contributed by atoms with Gasteiger partial charge in [-0.25, -0.2) is 0 Å². The summed E-state index contributed by atoms with van der Waals surface area (Å²) in [6.07, 6.45) is 0. The van der Waals surface area contributed by atoms with Gasteiger partial charge in [-0.2, -0.15) is 0 Å². The summed E-state index contributed by atoms with van der Waals surface area (Å²) in [5.41, 5.74) is 9.28. The zero-order chi connectivity index (χ0) is 12.1. The standard InChI is InChI=1S/C16H17N/c1-13(12-17)16(14-8-4-2-5-9-14)15-10-6-3-7-11-15/h2-11,16H,1,12,17H2. The van der Waals surface area contributed by atoms with Crippen LogP contribution in [0, 0.1) is 0 Å². The summed E-state index contributed by atoms with van der Waals surface area (Å²) in [7, 11) is 0. The average Bonchev–Trinajstić information content (AvgIpc) is 2.41. The minimum Gasteiger partial charge on any atom is -0.327 e. The van der Waals surface area contributed by atoms with Crippen LogP contribution in [0.5, 0.6) is 0 Å². The molecule has 0 unspecified atom stereocenters. The maximum absolute atomic E-state index is 5.75. The Labute approximate surface area is 103 Å². The van der Waals surface area contributed by atoms with Gasteiger partial charge in [0.1, 0.15) is 0 Å². The Morgan fingerprint density at radius 3 is 1.65 bits per heavy atom. The quantitative estimate of drug-likeness (QED) is 0.790. The zero-order valence-corrected chi connectivity index (χ0v) is 9.84. The molecular formula is C16H17N. The summed E-state index contributed by atoms with van der Waals surface area (Å²) in [6.45, 7) is 4.61. The lowest BCUT2D eigenvalue weighted by Crippen LogP contribution is -2.12. The first-order valence-electron chi connectivity index (χ1n) is 5.80. The minimum atomic E-state index is 0.197. The lowest BCUT2D eigenvalue weighted by atomic mass is 9.86. The molecule has 0 fully saturated rings. The van der Waals surface area contributed by atoms with Crippen LogP contribution in [0.2, 0.25) is 0 Å². The average molecular weight is 223 g/mol. The predicted molar refractivity (Wildman–Crippen MR) is 72.9 cm³/mol. The van der Waals surface area contributed by atoms with Crippen molar-refractivity contribution >= 4 is 0 Å². The van der Waals surface area contributed by atoms with Gasteiger partial charge in [-0.05, 0) is 11.1 Å². The molecule has 2 aromatic rings. The van der Waals surface area contributed by atoms with E-state index in [1.54, 1.807) is 0 Å². The third-order valence-electron chi connectivity index (χ3n) is 2.94. The molecule has 0 atom stereocenters. The van der Waals surface area contributed by atoms with Crippen LogP contribution in [-0.4, -0.2) is 6.54 Å². The van der Waals surface area contributed by atoms with E-state index in [0.717, 1.165) is 5.57 Å². The number of hydrogen-bond donors (Lipinski definition) is 1. The molecule has 0 aliphatic carbocycles. The molecule has 0 saturated heterocycles. The zero-order valence-electron chi connectivity index (χ0n) is 9.84. The molecule has 0 heterocycles. The van der Waals surface area contributed by atoms with Gasteiger partial charge in [0.15, 0.2) is 0 Å². The molecule has 0 aliphatic rings. The van der Waals surface area contributed by atoms with Crippen molar-refractivity contribution in [3.05, 3.63) is 83.9 Å². The van der Waals surface area contributed by atoms with E-state index >= 15 is 0 Å². The summed E-state index contributed by atoms with van der Waals surface area (Å²) < 4.78 is 0. The van der Waals surface area contributed by atoms with Gasteiger partial charge in [-0.1, -0.05) is 72.8 Å². The molecule has 2 aromatic carbocycles. The van der Waals surface area contributed by atoms with Crippen LogP contribution in [-0.2, 0) is 0 Å². The van der Waals surface area contributed by atoms with Crippen LogP contribution in [0.3, 0.4) is 0 Å². The Bertz CT molecular complexity index is 434. The topological polar surface area (TPSA) is 26.0 Å². The maximum Gasteiger partial charge on any atom is 0.0308 e. The van der Waals surface area contributed by atoms with Gasteiger partial charge in [0.25, 0.3) is 0 Å². The van der Waals surface area contributed by atoms with Crippen LogP contribution >= 0.6 is 0 Å². The second kappa shape index (κ2) is 5.46. The molecule has 86 valence electrons. The largest absolute Gasteiger partial charge is 0.327 e. The van der Waals surface area contributed by atoms with Gasteiger partial charge in [-0.15, -0.1) is 0 Å². The Kier molecular flexibility index (Phi) is 3.73. The second-order valence-electron chi connectivity index (χ2n) is 4.12. The molecule has 0 spiro atoms. The molecule has 0 saturated carbocycles. The summed E-state index contributed by atoms with van der Waals surface area (Å²) in [4.78, 5) is 0. The third-order valence-corrected chi connectivity index (χ3v) is 2.94. The monoisotopic (exact) mass is 223 g/mol. The van der Waals surface area contributed by atoms with Crippen molar-refractivity contribution in [2.24, 2.45) is 5.73 Å². The molecule has 17 heavy (non-hydrogen) atoms. The Morgan fingerprint density at radius 1 is 0.882 bits per heavy atom. The Balaban J connectivity index is 2.43. The van der Waals surface area contributed by atoms with E-state index in [0.29, 0.717) is 6.54 Å². The molecule has 0 amide bonds. The van der Waals surface area contributed by atoms with E-state index in [1.807, 2.05) is 12.1 Å². The van der Waals surface area contributed by atoms with Gasteiger partial charge in [0, 0.05) is 12.5 Å². The van der Waals surface area contributed by atoms with Crippen LogP contribution < -0.4 is 5.73 Å². The van der Waals surface area contributed by atoms with E-state index in [2.05, 4.69) is 55.1 Å². The fraction of sp³-hybridized carbons (Fsp3) is 0.125. The first kappa shape index (κ1) is 11.6. The van der Waals surface area contributed by atoms with Crippen molar-refractivity contribution in [3.63, 3.8) is 0 Å². The van der Waals surface area contributed by atoms with Crippen molar-refractivity contribution in [1.82, 2.24) is 0 Å². The summed E-state index contributed by atoms with van der Waals surface area (Å²) in [6, 6.07) is 20.7. The van der Waals surface area contributed by atoms with E-state index < -0.39 is 0 Å². The number of hydrogen-bond acceptors (Lipinski definition) is 1. The SMILES string of the molecule is C=C(CN)C(c1ccccc1)c1ccccc1. The van der Waals surface area contributed by atoms with Crippen molar-refractivity contribution < 1.29 is 0 Å². The minimum absolute atomic E-state index is 0.197. The normalized spacial score (nSPS) is 10.5. The predicted octanol–water partition coefficient (Wildman–Crippen LogP) is 3.33. The molecular weight excluding hydrogens is 206 g/mol. The van der Waals surface area contributed by atoms with E-state index in [-0.39, 0.29) is 5.92 Å². The van der Waals surface area contributed by atoms with Crippen molar-refractivity contribution in [3.8, 4) is 0 Å². The lowest BCUT2D eigenvalue weighted by molar-refractivity contribution is 0.906. The van der Waals surface area contributed by atoms with Gasteiger partial charge < -0.3 is 5.73 Å². The van der Waals surface area contributed by atoms with Gasteiger partial charge >= 0.3 is 0 Å². The van der Waals surface area contributed by atoms with Crippen molar-refractivity contribution in [1.29, 1.82) is 0 Å². The molecule has 0 radical (unpaired) electrons. The lowest BCUT2D eigenvalue weighted by Gasteiger charge is -2.19. The van der Waals surface area contributed by atoms with Crippen molar-refractivity contribution in [2.45, 2.75) is 5.92 Å². The first-order valence-corrected chi connectivity index (χ1v) is 5.80. The molecule has 2 N–H and O–H groups in total. The first-order chi connectivity index (χ1) is 8.33. The Hall–Kier alpha value is -1.86. The highest BCUT2D eigenvalue weighted by atomic mass is 14.5. The van der Waals surface area contributed by atoms with Crippen LogP contribution in [0.25, 0.3) is 0 Å². The van der Waals surface area contributed by atoms with E-state index in [1.165, 1.54) is 11.1 Å². The second-order valence-corrected chi connectivity index (χ2v) is 4.12. The number of rotatable bonds is 4. The maximum atomic E-state index is 5.75. The van der Waals surface area contributed by atoms with Crippen LogP contribution in [0.4, 0.5) is 0 Å². The van der Waals surface area contributed by atoms with Gasteiger partial charge in [0.2, 0.25) is 0 Å². The fourth-order valence-electron chi connectivity index (χ4n) is 2.07. The highest BCUT2D eigenvalue weighted by molar-refractivity contribution is 5.40. The molecule has 0 bridgehead atoms. The highest BCUT2D eigenvalue weighted by Gasteiger charge is 2.15. The van der Waals surface area contributed by atoms with Crippen LogP contribution in [0.15, 0.2) is 72.8 Å².